The van der Waals surface area contributed by atoms with Crippen LogP contribution in [0.3, 0.4) is 0 Å². The zero-order valence-electron chi connectivity index (χ0n) is 11.7. The van der Waals surface area contributed by atoms with Gasteiger partial charge in [0.1, 0.15) is 0 Å². The Morgan fingerprint density at radius 1 is 1.26 bits per heavy atom. The average Bonchev–Trinajstić information content (AvgIpc) is 2.38. The van der Waals surface area contributed by atoms with Gasteiger partial charge in [-0.1, -0.05) is 0 Å². The summed E-state index contributed by atoms with van der Waals surface area (Å²) < 4.78 is 4.83. The lowest BCUT2D eigenvalue weighted by Crippen LogP contribution is -2.18. The second-order valence-electron chi connectivity index (χ2n) is 3.91. The van der Waals surface area contributed by atoms with Gasteiger partial charge in [-0.2, -0.15) is 15.0 Å². The van der Waals surface area contributed by atoms with E-state index in [4.69, 9.17) is 4.74 Å². The molecule has 0 fully saturated rings. The molecular formula is C11H20N6O2. The van der Waals surface area contributed by atoms with Crippen molar-refractivity contribution in [1.29, 1.82) is 0 Å². The standard InChI is InChI=1S/C11H20N6O2/c1-5-19-8(18)6-7-13-10-14-9(12-2)15-11(16-10)17(3)4/h5-7H2,1-4H3,(H2,12,13,14,15,16). The molecule has 0 unspecified atom stereocenters. The largest absolute Gasteiger partial charge is 0.466 e. The summed E-state index contributed by atoms with van der Waals surface area (Å²) in [4.78, 5) is 25.5. The van der Waals surface area contributed by atoms with Gasteiger partial charge in [-0.15, -0.1) is 0 Å². The van der Waals surface area contributed by atoms with E-state index in [1.54, 1.807) is 18.9 Å². The van der Waals surface area contributed by atoms with Crippen molar-refractivity contribution >= 4 is 23.8 Å². The van der Waals surface area contributed by atoms with Gasteiger partial charge in [0.05, 0.1) is 13.0 Å². The normalized spacial score (nSPS) is 9.89. The van der Waals surface area contributed by atoms with Crippen molar-refractivity contribution < 1.29 is 9.53 Å². The van der Waals surface area contributed by atoms with Crippen LogP contribution >= 0.6 is 0 Å². The van der Waals surface area contributed by atoms with Crippen molar-refractivity contribution in [3.63, 3.8) is 0 Å². The number of hydrogen-bond donors (Lipinski definition) is 2. The summed E-state index contributed by atoms with van der Waals surface area (Å²) in [6.45, 7) is 2.58. The van der Waals surface area contributed by atoms with Gasteiger partial charge in [-0.25, -0.2) is 0 Å². The zero-order valence-corrected chi connectivity index (χ0v) is 11.7. The van der Waals surface area contributed by atoms with E-state index in [1.807, 2.05) is 14.1 Å². The number of nitrogens with zero attached hydrogens (tertiary/aromatic N) is 4. The van der Waals surface area contributed by atoms with E-state index < -0.39 is 0 Å². The van der Waals surface area contributed by atoms with Crippen LogP contribution < -0.4 is 15.5 Å². The van der Waals surface area contributed by atoms with Crippen LogP contribution in [0.5, 0.6) is 0 Å². The number of carbonyl (C=O) groups excluding carboxylic acids is 1. The van der Waals surface area contributed by atoms with Crippen LogP contribution in [0, 0.1) is 0 Å². The summed E-state index contributed by atoms with van der Waals surface area (Å²) in [6, 6.07) is 0. The van der Waals surface area contributed by atoms with Crippen molar-refractivity contribution in [2.45, 2.75) is 13.3 Å². The van der Waals surface area contributed by atoms with Crippen LogP contribution in [0.2, 0.25) is 0 Å². The van der Waals surface area contributed by atoms with Crippen LogP contribution in [-0.4, -0.2) is 55.2 Å². The third-order valence-corrected chi connectivity index (χ3v) is 2.16. The molecule has 0 saturated carbocycles. The number of rotatable bonds is 7. The van der Waals surface area contributed by atoms with E-state index in [1.165, 1.54) is 0 Å². The maximum atomic E-state index is 11.2. The maximum absolute atomic E-state index is 11.2. The molecule has 0 aromatic carbocycles. The third kappa shape index (κ3) is 4.94. The molecule has 8 nitrogen and oxygen atoms in total. The highest BCUT2D eigenvalue weighted by Gasteiger charge is 2.07. The van der Waals surface area contributed by atoms with Crippen molar-refractivity contribution in [3.05, 3.63) is 0 Å². The number of anilines is 3. The summed E-state index contributed by atoms with van der Waals surface area (Å²) in [7, 11) is 5.42. The van der Waals surface area contributed by atoms with Crippen LogP contribution in [0.15, 0.2) is 0 Å². The molecule has 1 heterocycles. The molecular weight excluding hydrogens is 248 g/mol. The van der Waals surface area contributed by atoms with Gasteiger partial charge < -0.3 is 20.3 Å². The topological polar surface area (TPSA) is 92.3 Å². The highest BCUT2D eigenvalue weighted by Crippen LogP contribution is 2.10. The Morgan fingerprint density at radius 3 is 2.53 bits per heavy atom. The lowest BCUT2D eigenvalue weighted by atomic mass is 10.4. The Balaban J connectivity index is 2.62. The number of hydrogen-bond acceptors (Lipinski definition) is 8. The molecule has 8 heteroatoms. The van der Waals surface area contributed by atoms with Crippen molar-refractivity contribution in [1.82, 2.24) is 15.0 Å². The molecule has 0 bridgehead atoms. The number of esters is 1. The molecule has 19 heavy (non-hydrogen) atoms. The van der Waals surface area contributed by atoms with Gasteiger partial charge in [0.2, 0.25) is 17.8 Å². The molecule has 0 amide bonds. The number of carbonyl (C=O) groups is 1. The predicted octanol–water partition coefficient (Wildman–Crippen LogP) is 0.344. The van der Waals surface area contributed by atoms with Gasteiger partial charge in [-0.05, 0) is 6.92 Å². The molecule has 0 spiro atoms. The molecule has 106 valence electrons. The Morgan fingerprint density at radius 2 is 1.95 bits per heavy atom. The van der Waals surface area contributed by atoms with Gasteiger partial charge in [0.15, 0.2) is 0 Å². The van der Waals surface area contributed by atoms with E-state index in [-0.39, 0.29) is 12.4 Å². The number of aromatic nitrogens is 3. The highest BCUT2D eigenvalue weighted by molar-refractivity contribution is 5.69. The second kappa shape index (κ2) is 7.34. The zero-order chi connectivity index (χ0) is 14.3. The molecule has 0 atom stereocenters. The first-order valence-electron chi connectivity index (χ1n) is 6.07. The lowest BCUT2D eigenvalue weighted by Gasteiger charge is -2.13. The number of nitrogens with one attached hydrogen (secondary N) is 2. The van der Waals surface area contributed by atoms with E-state index in [0.29, 0.717) is 31.0 Å². The first-order chi connectivity index (χ1) is 9.06. The first-order valence-corrected chi connectivity index (χ1v) is 6.07. The highest BCUT2D eigenvalue weighted by atomic mass is 16.5. The molecule has 0 aliphatic carbocycles. The molecule has 0 saturated heterocycles. The molecule has 1 aromatic rings. The fourth-order valence-corrected chi connectivity index (χ4v) is 1.27. The molecule has 2 N–H and O–H groups in total. The molecule has 1 rings (SSSR count). The summed E-state index contributed by atoms with van der Waals surface area (Å²) in [5, 5.41) is 5.84. The fourth-order valence-electron chi connectivity index (χ4n) is 1.27. The van der Waals surface area contributed by atoms with E-state index >= 15 is 0 Å². The summed E-state index contributed by atoms with van der Waals surface area (Å²) in [6.07, 6.45) is 0.270. The Labute approximate surface area is 112 Å². The third-order valence-electron chi connectivity index (χ3n) is 2.16. The smallest absolute Gasteiger partial charge is 0.307 e. The van der Waals surface area contributed by atoms with Gasteiger partial charge in [-0.3, -0.25) is 4.79 Å². The van der Waals surface area contributed by atoms with Crippen LogP contribution in [-0.2, 0) is 9.53 Å². The number of ether oxygens (including phenoxy) is 1. The predicted molar refractivity (Wildman–Crippen MR) is 73.4 cm³/mol. The van der Waals surface area contributed by atoms with Gasteiger partial charge in [0.25, 0.3) is 0 Å². The quantitative estimate of drug-likeness (QED) is 0.684. The van der Waals surface area contributed by atoms with Crippen LogP contribution in [0.25, 0.3) is 0 Å². The fraction of sp³-hybridized carbons (Fsp3) is 0.636. The van der Waals surface area contributed by atoms with Crippen LogP contribution in [0.4, 0.5) is 17.8 Å². The molecule has 0 aliphatic rings. The van der Waals surface area contributed by atoms with Crippen molar-refractivity contribution in [2.75, 3.05) is 49.8 Å². The monoisotopic (exact) mass is 268 g/mol. The van der Waals surface area contributed by atoms with Crippen LogP contribution in [0.1, 0.15) is 13.3 Å². The Hall–Kier alpha value is -2.12. The van der Waals surface area contributed by atoms with E-state index in [0.717, 1.165) is 0 Å². The van der Waals surface area contributed by atoms with Gasteiger partial charge in [0, 0.05) is 27.7 Å². The molecule has 0 radical (unpaired) electrons. The van der Waals surface area contributed by atoms with E-state index in [9.17, 15) is 4.79 Å². The first kappa shape index (κ1) is 14.9. The SMILES string of the molecule is CCOC(=O)CCNc1nc(NC)nc(N(C)C)n1. The Kier molecular flexibility index (Phi) is 5.77. The summed E-state index contributed by atoms with van der Waals surface area (Å²) in [5.74, 6) is 1.19. The second-order valence-corrected chi connectivity index (χ2v) is 3.91. The Bertz CT molecular complexity index is 424. The van der Waals surface area contributed by atoms with E-state index in [2.05, 4.69) is 25.6 Å². The van der Waals surface area contributed by atoms with Gasteiger partial charge >= 0.3 is 5.97 Å². The van der Waals surface area contributed by atoms with Crippen molar-refractivity contribution in [3.8, 4) is 0 Å². The van der Waals surface area contributed by atoms with Crippen molar-refractivity contribution in [2.24, 2.45) is 0 Å². The average molecular weight is 268 g/mol. The maximum Gasteiger partial charge on any atom is 0.307 e. The minimum atomic E-state index is -0.245. The molecule has 1 aromatic heterocycles. The summed E-state index contributed by atoms with van der Waals surface area (Å²) >= 11 is 0. The molecule has 0 aliphatic heterocycles. The summed E-state index contributed by atoms with van der Waals surface area (Å²) in [5.41, 5.74) is 0. The minimum Gasteiger partial charge on any atom is -0.466 e. The minimum absolute atomic E-state index is 0.245. The lowest BCUT2D eigenvalue weighted by molar-refractivity contribution is -0.142.